The van der Waals surface area contributed by atoms with Crippen molar-refractivity contribution in [1.29, 1.82) is 0 Å². The van der Waals surface area contributed by atoms with E-state index < -0.39 is 0 Å². The zero-order valence-electron chi connectivity index (χ0n) is 15.6. The van der Waals surface area contributed by atoms with Crippen LogP contribution in [0.3, 0.4) is 0 Å². The molecular weight excluding hydrogens is 342 g/mol. The Morgan fingerprint density at radius 1 is 1.07 bits per heavy atom. The van der Waals surface area contributed by atoms with Gasteiger partial charge < -0.3 is 25.6 Å². The van der Waals surface area contributed by atoms with Gasteiger partial charge in [0.25, 0.3) is 0 Å². The van der Waals surface area contributed by atoms with E-state index in [2.05, 4.69) is 55.3 Å². The third-order valence-electron chi connectivity index (χ3n) is 4.98. The largest absolute Gasteiger partial charge is 0.412 e. The topological polar surface area (TPSA) is 102 Å². The molecule has 3 heterocycles. The minimum absolute atomic E-state index is 0. The van der Waals surface area contributed by atoms with Gasteiger partial charge in [-0.15, -0.1) is 0 Å². The van der Waals surface area contributed by atoms with E-state index in [-0.39, 0.29) is 5.48 Å². The van der Waals surface area contributed by atoms with Crippen molar-refractivity contribution in [3.05, 3.63) is 42.7 Å². The third kappa shape index (κ3) is 4.53. The second-order valence-electron chi connectivity index (χ2n) is 6.74. The number of nitrogens with one attached hydrogen (secondary N) is 2. The molecule has 27 heavy (non-hydrogen) atoms. The van der Waals surface area contributed by atoms with E-state index in [1.807, 2.05) is 12.1 Å². The van der Waals surface area contributed by atoms with Gasteiger partial charge >= 0.3 is 0 Å². The lowest BCUT2D eigenvalue weighted by Crippen LogP contribution is -2.41. The monoisotopic (exact) mass is 369 g/mol. The minimum atomic E-state index is 0. The highest BCUT2D eigenvalue weighted by Gasteiger charge is 2.20. The number of aromatic nitrogens is 4. The van der Waals surface area contributed by atoms with E-state index in [1.54, 1.807) is 12.4 Å². The van der Waals surface area contributed by atoms with E-state index in [1.165, 1.54) is 5.52 Å². The molecule has 1 saturated heterocycles. The van der Waals surface area contributed by atoms with Crippen LogP contribution < -0.4 is 10.6 Å². The summed E-state index contributed by atoms with van der Waals surface area (Å²) in [6.07, 6.45) is 5.77. The van der Waals surface area contributed by atoms with Gasteiger partial charge in [0.05, 0.1) is 11.0 Å². The number of piperidine rings is 1. The van der Waals surface area contributed by atoms with Crippen molar-refractivity contribution in [1.82, 2.24) is 24.4 Å². The average molecular weight is 369 g/mol. The molecule has 0 bridgehead atoms. The van der Waals surface area contributed by atoms with Crippen molar-refractivity contribution in [2.45, 2.75) is 18.9 Å². The lowest BCUT2D eigenvalue weighted by atomic mass is 10.1. The SMILES string of the molecule is Cn1c(NC2CCN(CCNc3ncccn3)CC2)nc2ccccc21.O. The lowest BCUT2D eigenvalue weighted by molar-refractivity contribution is 0.226. The summed E-state index contributed by atoms with van der Waals surface area (Å²) in [5.74, 6) is 1.67. The Hall–Kier alpha value is -2.71. The van der Waals surface area contributed by atoms with Crippen LogP contribution in [0, 0.1) is 0 Å². The molecule has 0 saturated carbocycles. The van der Waals surface area contributed by atoms with E-state index in [4.69, 9.17) is 4.98 Å². The fourth-order valence-electron chi connectivity index (χ4n) is 3.47. The summed E-state index contributed by atoms with van der Waals surface area (Å²) in [5.41, 5.74) is 2.21. The van der Waals surface area contributed by atoms with Gasteiger partial charge in [-0.3, -0.25) is 0 Å². The number of hydrogen-bond donors (Lipinski definition) is 2. The summed E-state index contributed by atoms with van der Waals surface area (Å²) >= 11 is 0. The number of nitrogens with zero attached hydrogens (tertiary/aromatic N) is 5. The van der Waals surface area contributed by atoms with Crippen LogP contribution >= 0.6 is 0 Å². The van der Waals surface area contributed by atoms with E-state index in [0.29, 0.717) is 12.0 Å². The summed E-state index contributed by atoms with van der Waals surface area (Å²) in [6, 6.07) is 10.6. The van der Waals surface area contributed by atoms with Gasteiger partial charge in [0, 0.05) is 51.7 Å². The summed E-state index contributed by atoms with van der Waals surface area (Å²) in [7, 11) is 2.07. The van der Waals surface area contributed by atoms with Gasteiger partial charge in [-0.05, 0) is 31.0 Å². The Balaban J connectivity index is 0.00000210. The van der Waals surface area contributed by atoms with E-state index in [0.717, 1.165) is 50.5 Å². The molecule has 4 rings (SSSR count). The summed E-state index contributed by atoms with van der Waals surface area (Å²) in [5, 5.41) is 6.90. The molecule has 144 valence electrons. The van der Waals surface area contributed by atoms with Gasteiger partial charge in [-0.25, -0.2) is 15.0 Å². The Labute approximate surface area is 159 Å². The number of imidazole rings is 1. The van der Waals surface area contributed by atoms with Crippen LogP contribution in [0.4, 0.5) is 11.9 Å². The van der Waals surface area contributed by atoms with Crippen LogP contribution in [0.2, 0.25) is 0 Å². The highest BCUT2D eigenvalue weighted by molar-refractivity contribution is 5.78. The maximum atomic E-state index is 4.72. The molecule has 1 fully saturated rings. The summed E-state index contributed by atoms with van der Waals surface area (Å²) in [6.45, 7) is 4.07. The fraction of sp³-hybridized carbons (Fsp3) is 0.421. The molecule has 0 spiro atoms. The van der Waals surface area contributed by atoms with E-state index in [9.17, 15) is 0 Å². The number of anilines is 2. The van der Waals surface area contributed by atoms with Crippen molar-refractivity contribution in [2.24, 2.45) is 7.05 Å². The van der Waals surface area contributed by atoms with Crippen LogP contribution in [-0.2, 0) is 7.05 Å². The molecule has 0 atom stereocenters. The molecule has 0 unspecified atom stereocenters. The highest BCUT2D eigenvalue weighted by atomic mass is 16.0. The number of para-hydroxylation sites is 2. The standard InChI is InChI=1S/C19H25N7.H2O/c1-25-17-6-3-2-5-16(17)24-19(25)23-15-7-12-26(13-8-15)14-11-22-18-20-9-4-10-21-18;/h2-6,9-10,15H,7-8,11-14H2,1H3,(H,23,24)(H,20,21,22);1H2. The molecule has 2 aromatic heterocycles. The first-order valence-electron chi connectivity index (χ1n) is 9.21. The number of likely N-dealkylation sites (tertiary alicyclic amines) is 1. The van der Waals surface area contributed by atoms with Crippen molar-refractivity contribution < 1.29 is 5.48 Å². The molecular formula is C19H27N7O. The minimum Gasteiger partial charge on any atom is -0.412 e. The fourth-order valence-corrected chi connectivity index (χ4v) is 3.47. The quantitative estimate of drug-likeness (QED) is 0.683. The van der Waals surface area contributed by atoms with Gasteiger partial charge in [-0.2, -0.15) is 0 Å². The Bertz CT molecular complexity index is 844. The number of hydrogen-bond acceptors (Lipinski definition) is 6. The first-order valence-corrected chi connectivity index (χ1v) is 9.21. The Morgan fingerprint density at radius 2 is 1.81 bits per heavy atom. The predicted molar refractivity (Wildman–Crippen MR) is 108 cm³/mol. The van der Waals surface area contributed by atoms with Crippen molar-refractivity contribution >= 4 is 22.9 Å². The number of rotatable bonds is 6. The smallest absolute Gasteiger partial charge is 0.222 e. The van der Waals surface area contributed by atoms with Crippen LogP contribution in [0.5, 0.6) is 0 Å². The van der Waals surface area contributed by atoms with Gasteiger partial charge in [-0.1, -0.05) is 12.1 Å². The van der Waals surface area contributed by atoms with Crippen molar-refractivity contribution in [3.63, 3.8) is 0 Å². The third-order valence-corrected chi connectivity index (χ3v) is 4.98. The molecule has 8 nitrogen and oxygen atoms in total. The zero-order valence-corrected chi connectivity index (χ0v) is 15.6. The summed E-state index contributed by atoms with van der Waals surface area (Å²) < 4.78 is 2.14. The maximum absolute atomic E-state index is 4.72. The van der Waals surface area contributed by atoms with Crippen molar-refractivity contribution in [3.8, 4) is 0 Å². The van der Waals surface area contributed by atoms with Crippen LogP contribution in [0.25, 0.3) is 11.0 Å². The molecule has 1 aliphatic heterocycles. The molecule has 1 aromatic carbocycles. The highest BCUT2D eigenvalue weighted by Crippen LogP contribution is 2.20. The molecule has 0 radical (unpaired) electrons. The predicted octanol–water partition coefficient (Wildman–Crippen LogP) is 1.53. The Morgan fingerprint density at radius 3 is 2.56 bits per heavy atom. The second kappa shape index (κ2) is 8.79. The Kier molecular flexibility index (Phi) is 6.20. The van der Waals surface area contributed by atoms with Gasteiger partial charge in [0.15, 0.2) is 0 Å². The van der Waals surface area contributed by atoms with Crippen molar-refractivity contribution in [2.75, 3.05) is 36.8 Å². The normalized spacial score (nSPS) is 15.4. The maximum Gasteiger partial charge on any atom is 0.222 e. The van der Waals surface area contributed by atoms with E-state index >= 15 is 0 Å². The average Bonchev–Trinajstić information content (AvgIpc) is 3.00. The number of fused-ring (bicyclic) bond motifs is 1. The molecule has 4 N–H and O–H groups in total. The molecule has 1 aliphatic rings. The lowest BCUT2D eigenvalue weighted by Gasteiger charge is -2.32. The van der Waals surface area contributed by atoms with Gasteiger partial charge in [0.2, 0.25) is 11.9 Å². The zero-order chi connectivity index (χ0) is 17.8. The van der Waals surface area contributed by atoms with Crippen LogP contribution in [-0.4, -0.2) is 62.1 Å². The van der Waals surface area contributed by atoms with Crippen LogP contribution in [0.15, 0.2) is 42.7 Å². The molecule has 0 aliphatic carbocycles. The van der Waals surface area contributed by atoms with Crippen LogP contribution in [0.1, 0.15) is 12.8 Å². The number of aryl methyl sites for hydroxylation is 1. The first-order chi connectivity index (χ1) is 12.8. The number of benzene rings is 1. The second-order valence-corrected chi connectivity index (χ2v) is 6.74. The summed E-state index contributed by atoms with van der Waals surface area (Å²) in [4.78, 5) is 15.6. The first kappa shape index (κ1) is 19.1. The molecule has 3 aromatic rings. The molecule has 8 heteroatoms. The molecule has 0 amide bonds. The van der Waals surface area contributed by atoms with Gasteiger partial charge in [0.1, 0.15) is 0 Å².